The minimum Gasteiger partial charge on any atom is -0.377 e. The van der Waals surface area contributed by atoms with Gasteiger partial charge in [-0.25, -0.2) is 4.98 Å². The summed E-state index contributed by atoms with van der Waals surface area (Å²) in [5.41, 5.74) is 1.12. The van der Waals surface area contributed by atoms with Crippen molar-refractivity contribution in [3.63, 3.8) is 0 Å². The van der Waals surface area contributed by atoms with E-state index in [1.807, 2.05) is 12.3 Å². The molecule has 1 aliphatic rings. The predicted octanol–water partition coefficient (Wildman–Crippen LogP) is 2.85. The number of hydrogen-bond donors (Lipinski definition) is 1. The molecule has 1 aromatic rings. The van der Waals surface area contributed by atoms with Crippen LogP contribution in [-0.4, -0.2) is 36.8 Å². The first kappa shape index (κ1) is 15.5. The Bertz CT molecular complexity index is 439. The Morgan fingerprint density at radius 2 is 2.35 bits per heavy atom. The van der Waals surface area contributed by atoms with Gasteiger partial charge in [0.25, 0.3) is 0 Å². The van der Waals surface area contributed by atoms with Crippen molar-refractivity contribution in [3.05, 3.63) is 22.8 Å². The van der Waals surface area contributed by atoms with Gasteiger partial charge >= 0.3 is 0 Å². The Balaban J connectivity index is 2.08. The average molecular weight is 298 g/mol. The minimum atomic E-state index is 0.220. The van der Waals surface area contributed by atoms with Crippen molar-refractivity contribution >= 4 is 17.4 Å². The smallest absolute Gasteiger partial charge is 0.147 e. The summed E-state index contributed by atoms with van der Waals surface area (Å²) in [5.74, 6) is 0.873. The van der Waals surface area contributed by atoms with Crippen molar-refractivity contribution in [1.29, 1.82) is 0 Å². The highest BCUT2D eigenvalue weighted by atomic mass is 35.5. The first-order valence-corrected chi connectivity index (χ1v) is 7.68. The predicted molar refractivity (Wildman–Crippen MR) is 83.5 cm³/mol. The lowest BCUT2D eigenvalue weighted by Gasteiger charge is -2.24. The quantitative estimate of drug-likeness (QED) is 0.927. The number of aromatic nitrogens is 1. The summed E-state index contributed by atoms with van der Waals surface area (Å²) in [7, 11) is 0. The molecule has 0 radical (unpaired) electrons. The molecule has 0 aromatic carbocycles. The van der Waals surface area contributed by atoms with E-state index >= 15 is 0 Å². The summed E-state index contributed by atoms with van der Waals surface area (Å²) in [4.78, 5) is 6.78. The van der Waals surface area contributed by atoms with Crippen molar-refractivity contribution in [2.24, 2.45) is 0 Å². The number of nitrogens with zero attached hydrogens (tertiary/aromatic N) is 2. The Labute approximate surface area is 126 Å². The molecule has 1 unspecified atom stereocenters. The highest BCUT2D eigenvalue weighted by molar-refractivity contribution is 6.33. The third-order valence-electron chi connectivity index (χ3n) is 3.34. The summed E-state index contributed by atoms with van der Waals surface area (Å²) < 4.78 is 5.66. The lowest BCUT2D eigenvalue weighted by atomic mass is 10.2. The lowest BCUT2D eigenvalue weighted by Crippen LogP contribution is -2.31. The molecule has 0 aliphatic carbocycles. The molecular weight excluding hydrogens is 274 g/mol. The number of rotatable bonds is 4. The van der Waals surface area contributed by atoms with E-state index < -0.39 is 0 Å². The van der Waals surface area contributed by atoms with E-state index in [4.69, 9.17) is 16.3 Å². The van der Waals surface area contributed by atoms with Crippen LogP contribution >= 0.6 is 11.6 Å². The van der Waals surface area contributed by atoms with Crippen LogP contribution in [0.5, 0.6) is 0 Å². The van der Waals surface area contributed by atoms with E-state index in [0.717, 1.165) is 49.1 Å². The highest BCUT2D eigenvalue weighted by Gasteiger charge is 2.18. The van der Waals surface area contributed by atoms with Crippen LogP contribution in [-0.2, 0) is 11.3 Å². The van der Waals surface area contributed by atoms with Crippen LogP contribution in [0.15, 0.2) is 12.3 Å². The van der Waals surface area contributed by atoms with E-state index in [-0.39, 0.29) is 6.10 Å². The van der Waals surface area contributed by atoms with Gasteiger partial charge in [-0.2, -0.15) is 0 Å². The van der Waals surface area contributed by atoms with Gasteiger partial charge < -0.3 is 15.0 Å². The molecule has 0 saturated carbocycles. The molecule has 112 valence electrons. The lowest BCUT2D eigenvalue weighted by molar-refractivity contribution is 0.0820. The SMILES string of the molecule is CC(C)NCc1cnc(N2CCCOC(C)C2)c(Cl)c1. The molecule has 20 heavy (non-hydrogen) atoms. The molecule has 4 nitrogen and oxygen atoms in total. The highest BCUT2D eigenvalue weighted by Crippen LogP contribution is 2.25. The summed E-state index contributed by atoms with van der Waals surface area (Å²) in [6, 6.07) is 2.47. The molecule has 1 saturated heterocycles. The largest absolute Gasteiger partial charge is 0.377 e. The molecule has 0 bridgehead atoms. The molecule has 1 aromatic heterocycles. The van der Waals surface area contributed by atoms with Gasteiger partial charge in [-0.05, 0) is 25.0 Å². The van der Waals surface area contributed by atoms with Gasteiger partial charge in [-0.15, -0.1) is 0 Å². The molecular formula is C15H24ClN3O. The van der Waals surface area contributed by atoms with Crippen molar-refractivity contribution in [2.45, 2.75) is 45.9 Å². The first-order chi connectivity index (χ1) is 9.56. The van der Waals surface area contributed by atoms with Crippen LogP contribution in [0, 0.1) is 0 Å². The Kier molecular flexibility index (Phi) is 5.64. The third-order valence-corrected chi connectivity index (χ3v) is 3.62. The minimum absolute atomic E-state index is 0.220. The number of pyridine rings is 1. The van der Waals surface area contributed by atoms with Crippen LogP contribution in [0.3, 0.4) is 0 Å². The number of ether oxygens (including phenoxy) is 1. The Morgan fingerprint density at radius 3 is 3.05 bits per heavy atom. The zero-order valence-corrected chi connectivity index (χ0v) is 13.3. The molecule has 1 aliphatic heterocycles. The van der Waals surface area contributed by atoms with Crippen molar-refractivity contribution in [3.8, 4) is 0 Å². The molecule has 1 N–H and O–H groups in total. The van der Waals surface area contributed by atoms with E-state index in [1.54, 1.807) is 0 Å². The van der Waals surface area contributed by atoms with Crippen LogP contribution in [0.1, 0.15) is 32.8 Å². The number of halogens is 1. The first-order valence-electron chi connectivity index (χ1n) is 7.30. The van der Waals surface area contributed by atoms with E-state index in [1.165, 1.54) is 0 Å². The van der Waals surface area contributed by atoms with E-state index in [9.17, 15) is 0 Å². The number of hydrogen-bond acceptors (Lipinski definition) is 4. The molecule has 1 fully saturated rings. The molecule has 0 amide bonds. The summed E-state index contributed by atoms with van der Waals surface area (Å²) in [5, 5.41) is 4.10. The summed E-state index contributed by atoms with van der Waals surface area (Å²) in [6.45, 7) is 9.74. The number of anilines is 1. The van der Waals surface area contributed by atoms with Crippen LogP contribution in [0.2, 0.25) is 5.02 Å². The maximum atomic E-state index is 6.41. The molecule has 2 heterocycles. The van der Waals surface area contributed by atoms with Gasteiger partial charge in [0, 0.05) is 38.5 Å². The second-order valence-corrected chi connectivity index (χ2v) is 6.07. The second-order valence-electron chi connectivity index (χ2n) is 5.67. The van der Waals surface area contributed by atoms with Crippen LogP contribution in [0.25, 0.3) is 0 Å². The molecule has 1 atom stereocenters. The maximum absolute atomic E-state index is 6.41. The standard InChI is InChI=1S/C15H24ClN3O/c1-11(2)17-8-13-7-14(16)15(18-9-13)19-5-4-6-20-12(3)10-19/h7,9,11-12,17H,4-6,8,10H2,1-3H3. The molecule has 5 heteroatoms. The fourth-order valence-corrected chi connectivity index (χ4v) is 2.62. The van der Waals surface area contributed by atoms with Gasteiger partial charge in [0.15, 0.2) is 0 Å². The van der Waals surface area contributed by atoms with Crippen molar-refractivity contribution in [2.75, 3.05) is 24.6 Å². The van der Waals surface area contributed by atoms with Crippen LogP contribution in [0.4, 0.5) is 5.82 Å². The molecule has 2 rings (SSSR count). The van der Waals surface area contributed by atoms with Crippen molar-refractivity contribution < 1.29 is 4.74 Å². The van der Waals surface area contributed by atoms with Gasteiger partial charge in [0.2, 0.25) is 0 Å². The van der Waals surface area contributed by atoms with E-state index in [2.05, 4.69) is 36.0 Å². The second kappa shape index (κ2) is 7.25. The zero-order valence-electron chi connectivity index (χ0n) is 12.5. The van der Waals surface area contributed by atoms with Crippen LogP contribution < -0.4 is 10.2 Å². The number of nitrogens with one attached hydrogen (secondary N) is 1. The van der Waals surface area contributed by atoms with Gasteiger partial charge in [-0.1, -0.05) is 25.4 Å². The summed E-state index contributed by atoms with van der Waals surface area (Å²) in [6.07, 6.45) is 3.14. The Hall–Kier alpha value is -0.840. The van der Waals surface area contributed by atoms with Crippen molar-refractivity contribution in [1.82, 2.24) is 10.3 Å². The maximum Gasteiger partial charge on any atom is 0.147 e. The van der Waals surface area contributed by atoms with E-state index in [0.29, 0.717) is 6.04 Å². The summed E-state index contributed by atoms with van der Waals surface area (Å²) >= 11 is 6.41. The van der Waals surface area contributed by atoms with Gasteiger partial charge in [-0.3, -0.25) is 0 Å². The normalized spacial score (nSPS) is 20.2. The molecule has 0 spiro atoms. The van der Waals surface area contributed by atoms with Gasteiger partial charge in [0.05, 0.1) is 11.1 Å². The topological polar surface area (TPSA) is 37.4 Å². The zero-order chi connectivity index (χ0) is 14.5. The average Bonchev–Trinajstić information content (AvgIpc) is 2.61. The monoisotopic (exact) mass is 297 g/mol. The fraction of sp³-hybridized carbons (Fsp3) is 0.667. The van der Waals surface area contributed by atoms with Gasteiger partial charge in [0.1, 0.15) is 5.82 Å². The third kappa shape index (κ3) is 4.33. The Morgan fingerprint density at radius 1 is 1.55 bits per heavy atom. The fourth-order valence-electron chi connectivity index (χ4n) is 2.31.